The van der Waals surface area contributed by atoms with E-state index >= 15 is 0 Å². The van der Waals surface area contributed by atoms with Gasteiger partial charge in [-0.3, -0.25) is 0 Å². The van der Waals surface area contributed by atoms with Crippen molar-refractivity contribution >= 4 is 0 Å². The van der Waals surface area contributed by atoms with Crippen LogP contribution in [-0.2, 0) is 15.9 Å². The molecular weight excluding hydrogens is 242 g/mol. The van der Waals surface area contributed by atoms with Gasteiger partial charge >= 0.3 is 0 Å². The molecule has 1 saturated carbocycles. The van der Waals surface area contributed by atoms with Crippen molar-refractivity contribution in [3.05, 3.63) is 11.7 Å². The quantitative estimate of drug-likeness (QED) is 0.889. The normalized spacial score (nSPS) is 31.3. The van der Waals surface area contributed by atoms with E-state index in [-0.39, 0.29) is 0 Å². The van der Waals surface area contributed by atoms with E-state index < -0.39 is 11.1 Å². The largest absolute Gasteiger partial charge is 0.367 e. The van der Waals surface area contributed by atoms with Crippen LogP contribution in [0.15, 0.2) is 4.52 Å². The molecule has 1 aliphatic carbocycles. The average Bonchev–Trinajstić information content (AvgIpc) is 2.91. The van der Waals surface area contributed by atoms with Crippen LogP contribution in [0.4, 0.5) is 0 Å². The Kier molecular flexibility index (Phi) is 3.35. The average molecular weight is 265 g/mol. The molecule has 0 radical (unpaired) electrons. The topological polar surface area (TPSA) is 74.2 Å². The number of aromatic nitrogens is 2. The molecule has 5 heteroatoms. The molecule has 1 unspecified atom stereocenters. The van der Waals surface area contributed by atoms with Crippen LogP contribution in [0, 0.1) is 0 Å². The third kappa shape index (κ3) is 2.41. The lowest BCUT2D eigenvalue weighted by atomic mass is 9.82. The van der Waals surface area contributed by atoms with Crippen molar-refractivity contribution in [1.29, 1.82) is 0 Å². The lowest BCUT2D eigenvalue weighted by molar-refractivity contribution is -0.0770. The third-order valence-corrected chi connectivity index (χ3v) is 4.54. The van der Waals surface area contributed by atoms with Crippen molar-refractivity contribution in [3.63, 3.8) is 0 Å². The smallest absolute Gasteiger partial charge is 0.246 e. The summed E-state index contributed by atoms with van der Waals surface area (Å²) in [5, 5.41) is 4.14. The number of hydrogen-bond acceptors (Lipinski definition) is 5. The maximum Gasteiger partial charge on any atom is 0.246 e. The van der Waals surface area contributed by atoms with Crippen LogP contribution in [0.1, 0.15) is 70.0 Å². The number of nitrogens with zero attached hydrogens (tertiary/aromatic N) is 2. The molecule has 3 rings (SSSR count). The van der Waals surface area contributed by atoms with Gasteiger partial charge in [-0.2, -0.15) is 4.98 Å². The van der Waals surface area contributed by atoms with E-state index in [1.165, 1.54) is 6.42 Å². The third-order valence-electron chi connectivity index (χ3n) is 4.54. The van der Waals surface area contributed by atoms with E-state index in [0.717, 1.165) is 51.6 Å². The van der Waals surface area contributed by atoms with Crippen molar-refractivity contribution < 1.29 is 9.26 Å². The van der Waals surface area contributed by atoms with Gasteiger partial charge in [-0.25, -0.2) is 0 Å². The van der Waals surface area contributed by atoms with Crippen molar-refractivity contribution in [2.45, 2.75) is 69.4 Å². The van der Waals surface area contributed by atoms with Crippen LogP contribution in [-0.4, -0.2) is 16.7 Å². The summed E-state index contributed by atoms with van der Waals surface area (Å²) in [6.07, 6.45) is 8.61. The summed E-state index contributed by atoms with van der Waals surface area (Å²) in [5.41, 5.74) is 5.61. The standard InChI is InChI=1S/C14H23N3O2/c1-13(7-5-6-10-18-13)11-16-12(19-17-11)14(15)8-3-2-4-9-14/h2-10,15H2,1H3. The van der Waals surface area contributed by atoms with Crippen LogP contribution in [0.3, 0.4) is 0 Å². The molecule has 2 heterocycles. The maximum absolute atomic E-state index is 6.43. The molecule has 2 fully saturated rings. The fraction of sp³-hybridized carbons (Fsp3) is 0.857. The molecule has 19 heavy (non-hydrogen) atoms. The SMILES string of the molecule is CC1(c2noc(C3(N)CCCCC3)n2)CCCCO1. The molecule has 0 spiro atoms. The molecule has 1 aromatic rings. The van der Waals surface area contributed by atoms with Gasteiger partial charge in [-0.1, -0.05) is 24.4 Å². The zero-order valence-electron chi connectivity index (χ0n) is 11.7. The van der Waals surface area contributed by atoms with Crippen molar-refractivity contribution in [2.75, 3.05) is 6.61 Å². The molecule has 1 atom stereocenters. The number of ether oxygens (including phenoxy) is 1. The minimum Gasteiger partial charge on any atom is -0.367 e. The first kappa shape index (κ1) is 13.1. The predicted octanol–water partition coefficient (Wildman–Crippen LogP) is 2.60. The fourth-order valence-corrected chi connectivity index (χ4v) is 3.15. The Morgan fingerprint density at radius 1 is 1.05 bits per heavy atom. The minimum absolute atomic E-state index is 0.398. The van der Waals surface area contributed by atoms with Gasteiger partial charge in [0.2, 0.25) is 11.7 Å². The highest BCUT2D eigenvalue weighted by Crippen LogP contribution is 2.37. The Bertz CT molecular complexity index is 393. The molecule has 106 valence electrons. The van der Waals surface area contributed by atoms with Gasteiger partial charge in [-0.05, 0) is 39.0 Å². The molecule has 5 nitrogen and oxygen atoms in total. The highest BCUT2D eigenvalue weighted by Gasteiger charge is 2.39. The first-order valence-electron chi connectivity index (χ1n) is 7.40. The molecule has 2 aliphatic rings. The van der Waals surface area contributed by atoms with Gasteiger partial charge in [0.15, 0.2) is 0 Å². The lowest BCUT2D eigenvalue weighted by Gasteiger charge is -2.31. The summed E-state index contributed by atoms with van der Waals surface area (Å²) in [6, 6.07) is 0. The number of nitrogens with two attached hydrogens (primary N) is 1. The monoisotopic (exact) mass is 265 g/mol. The van der Waals surface area contributed by atoms with E-state index in [9.17, 15) is 0 Å². The van der Waals surface area contributed by atoms with Crippen LogP contribution in [0.25, 0.3) is 0 Å². The summed E-state index contributed by atoms with van der Waals surface area (Å²) in [7, 11) is 0. The molecule has 0 bridgehead atoms. The Labute approximate surface area is 113 Å². The summed E-state index contributed by atoms with van der Waals surface area (Å²) >= 11 is 0. The Morgan fingerprint density at radius 2 is 1.79 bits per heavy atom. The summed E-state index contributed by atoms with van der Waals surface area (Å²) in [4.78, 5) is 4.57. The zero-order chi connectivity index (χ0) is 13.3. The summed E-state index contributed by atoms with van der Waals surface area (Å²) < 4.78 is 11.3. The zero-order valence-corrected chi connectivity index (χ0v) is 11.7. The first-order valence-corrected chi connectivity index (χ1v) is 7.40. The molecule has 0 aromatic carbocycles. The van der Waals surface area contributed by atoms with Gasteiger partial charge < -0.3 is 15.0 Å². The lowest BCUT2D eigenvalue weighted by Crippen LogP contribution is -2.39. The van der Waals surface area contributed by atoms with Crippen molar-refractivity contribution in [1.82, 2.24) is 10.1 Å². The summed E-state index contributed by atoms with van der Waals surface area (Å²) in [6.45, 7) is 2.82. The molecule has 1 aromatic heterocycles. The predicted molar refractivity (Wildman–Crippen MR) is 70.4 cm³/mol. The van der Waals surface area contributed by atoms with Gasteiger partial charge in [-0.15, -0.1) is 0 Å². The summed E-state index contributed by atoms with van der Waals surface area (Å²) in [5.74, 6) is 1.26. The second-order valence-corrected chi connectivity index (χ2v) is 6.18. The molecule has 0 amide bonds. The Balaban J connectivity index is 1.82. The van der Waals surface area contributed by atoms with Crippen molar-refractivity contribution in [2.24, 2.45) is 5.73 Å². The van der Waals surface area contributed by atoms with Crippen LogP contribution in [0.5, 0.6) is 0 Å². The molecule has 1 saturated heterocycles. The van der Waals surface area contributed by atoms with Crippen LogP contribution >= 0.6 is 0 Å². The minimum atomic E-state index is -0.422. The molecule has 2 N–H and O–H groups in total. The Morgan fingerprint density at radius 3 is 2.47 bits per heavy atom. The van der Waals surface area contributed by atoms with E-state index in [2.05, 4.69) is 10.1 Å². The second kappa shape index (κ2) is 4.87. The first-order chi connectivity index (χ1) is 9.12. The van der Waals surface area contributed by atoms with E-state index in [4.69, 9.17) is 15.0 Å². The number of hydrogen-bond donors (Lipinski definition) is 1. The highest BCUT2D eigenvalue weighted by molar-refractivity contribution is 5.08. The van der Waals surface area contributed by atoms with E-state index in [1.807, 2.05) is 6.92 Å². The fourth-order valence-electron chi connectivity index (χ4n) is 3.15. The van der Waals surface area contributed by atoms with Gasteiger partial charge in [0.25, 0.3) is 0 Å². The second-order valence-electron chi connectivity index (χ2n) is 6.18. The van der Waals surface area contributed by atoms with E-state index in [1.54, 1.807) is 0 Å². The highest BCUT2D eigenvalue weighted by atomic mass is 16.5. The van der Waals surface area contributed by atoms with Gasteiger partial charge in [0, 0.05) is 6.61 Å². The van der Waals surface area contributed by atoms with Gasteiger partial charge in [0.05, 0.1) is 5.54 Å². The molecular formula is C14H23N3O2. The number of rotatable bonds is 2. The van der Waals surface area contributed by atoms with Crippen LogP contribution in [0.2, 0.25) is 0 Å². The van der Waals surface area contributed by atoms with E-state index in [0.29, 0.717) is 11.7 Å². The molecule has 1 aliphatic heterocycles. The van der Waals surface area contributed by atoms with Crippen LogP contribution < -0.4 is 5.73 Å². The van der Waals surface area contributed by atoms with Gasteiger partial charge in [0.1, 0.15) is 5.60 Å². The maximum atomic E-state index is 6.43. The van der Waals surface area contributed by atoms with Crippen molar-refractivity contribution in [3.8, 4) is 0 Å². The Hall–Kier alpha value is -0.940.